The molecule has 0 fully saturated rings. The Balaban J connectivity index is 1.76. The molecule has 0 bridgehead atoms. The van der Waals surface area contributed by atoms with E-state index in [9.17, 15) is 9.59 Å². The van der Waals surface area contributed by atoms with Crippen molar-refractivity contribution in [2.75, 3.05) is 12.4 Å². The SMILES string of the molecule is COc1ccc(NC(=O)C(=O)NC(c2ccccc2)c2ccccc2)cc1Cl. The average molecular weight is 395 g/mol. The van der Waals surface area contributed by atoms with Crippen LogP contribution in [0, 0.1) is 0 Å². The van der Waals surface area contributed by atoms with E-state index >= 15 is 0 Å². The lowest BCUT2D eigenvalue weighted by molar-refractivity contribution is -0.136. The summed E-state index contributed by atoms with van der Waals surface area (Å²) in [4.78, 5) is 24.9. The maximum Gasteiger partial charge on any atom is 0.313 e. The number of benzene rings is 3. The van der Waals surface area contributed by atoms with Crippen molar-refractivity contribution >= 4 is 29.1 Å². The zero-order valence-corrected chi connectivity index (χ0v) is 15.9. The second-order valence-electron chi connectivity index (χ2n) is 6.03. The fraction of sp³-hybridized carbons (Fsp3) is 0.0909. The van der Waals surface area contributed by atoms with Gasteiger partial charge in [0.1, 0.15) is 5.75 Å². The van der Waals surface area contributed by atoms with E-state index < -0.39 is 17.9 Å². The van der Waals surface area contributed by atoms with Gasteiger partial charge in [-0.2, -0.15) is 0 Å². The maximum atomic E-state index is 12.5. The van der Waals surface area contributed by atoms with Crippen molar-refractivity contribution in [3.63, 3.8) is 0 Å². The van der Waals surface area contributed by atoms with E-state index in [0.29, 0.717) is 16.5 Å². The molecule has 2 N–H and O–H groups in total. The summed E-state index contributed by atoms with van der Waals surface area (Å²) in [6, 6.07) is 23.3. The summed E-state index contributed by atoms with van der Waals surface area (Å²) in [5, 5.41) is 5.69. The van der Waals surface area contributed by atoms with Crippen LogP contribution in [0.25, 0.3) is 0 Å². The summed E-state index contributed by atoms with van der Waals surface area (Å²) in [6.07, 6.45) is 0. The molecule has 3 rings (SSSR count). The van der Waals surface area contributed by atoms with Gasteiger partial charge in [0, 0.05) is 5.69 Å². The molecule has 0 spiro atoms. The van der Waals surface area contributed by atoms with Crippen molar-refractivity contribution in [1.82, 2.24) is 5.32 Å². The summed E-state index contributed by atoms with van der Waals surface area (Å²) in [5.74, 6) is -1.04. The van der Waals surface area contributed by atoms with Gasteiger partial charge in [-0.1, -0.05) is 72.3 Å². The van der Waals surface area contributed by atoms with E-state index in [4.69, 9.17) is 16.3 Å². The zero-order chi connectivity index (χ0) is 19.9. The Kier molecular flexibility index (Phi) is 6.29. The molecule has 0 radical (unpaired) electrons. The first-order valence-corrected chi connectivity index (χ1v) is 9.01. The molecule has 0 saturated heterocycles. The predicted octanol–water partition coefficient (Wildman–Crippen LogP) is 4.19. The first-order valence-electron chi connectivity index (χ1n) is 8.64. The Bertz CT molecular complexity index is 923. The van der Waals surface area contributed by atoms with Gasteiger partial charge >= 0.3 is 11.8 Å². The van der Waals surface area contributed by atoms with Gasteiger partial charge in [-0.3, -0.25) is 9.59 Å². The minimum absolute atomic E-state index is 0.340. The monoisotopic (exact) mass is 394 g/mol. The van der Waals surface area contributed by atoms with Crippen LogP contribution in [0.2, 0.25) is 5.02 Å². The number of hydrogen-bond acceptors (Lipinski definition) is 3. The van der Waals surface area contributed by atoms with Gasteiger partial charge in [0.2, 0.25) is 0 Å². The molecular weight excluding hydrogens is 376 g/mol. The van der Waals surface area contributed by atoms with Gasteiger partial charge in [0.15, 0.2) is 0 Å². The number of ether oxygens (including phenoxy) is 1. The summed E-state index contributed by atoms with van der Waals surface area (Å²) >= 11 is 6.06. The third-order valence-corrected chi connectivity index (χ3v) is 4.45. The lowest BCUT2D eigenvalue weighted by atomic mass is 9.99. The van der Waals surface area contributed by atoms with Gasteiger partial charge in [0.25, 0.3) is 0 Å². The molecule has 3 aromatic carbocycles. The Morgan fingerprint density at radius 1 is 0.857 bits per heavy atom. The molecule has 0 aliphatic rings. The van der Waals surface area contributed by atoms with Crippen molar-refractivity contribution in [3.05, 3.63) is 95.0 Å². The number of anilines is 1. The zero-order valence-electron chi connectivity index (χ0n) is 15.2. The molecule has 28 heavy (non-hydrogen) atoms. The molecule has 2 amide bonds. The van der Waals surface area contributed by atoms with Crippen LogP contribution in [0.1, 0.15) is 17.2 Å². The van der Waals surface area contributed by atoms with Gasteiger partial charge in [0.05, 0.1) is 18.2 Å². The molecular formula is C22H19ClN2O3. The molecule has 5 nitrogen and oxygen atoms in total. The van der Waals surface area contributed by atoms with Crippen LogP contribution in [-0.2, 0) is 9.59 Å². The highest BCUT2D eigenvalue weighted by Gasteiger charge is 2.21. The van der Waals surface area contributed by atoms with E-state index in [1.165, 1.54) is 13.2 Å². The molecule has 0 heterocycles. The number of carbonyl (C=O) groups excluding carboxylic acids is 2. The minimum atomic E-state index is -0.780. The van der Waals surface area contributed by atoms with Crippen LogP contribution < -0.4 is 15.4 Å². The van der Waals surface area contributed by atoms with Crippen molar-refractivity contribution in [2.24, 2.45) is 0 Å². The first kappa shape index (κ1) is 19.5. The van der Waals surface area contributed by atoms with Crippen LogP contribution in [0.4, 0.5) is 5.69 Å². The smallest absolute Gasteiger partial charge is 0.313 e. The average Bonchev–Trinajstić information content (AvgIpc) is 2.73. The molecule has 0 atom stereocenters. The highest BCUT2D eigenvalue weighted by Crippen LogP contribution is 2.27. The lowest BCUT2D eigenvalue weighted by Crippen LogP contribution is -2.38. The Hall–Kier alpha value is -3.31. The van der Waals surface area contributed by atoms with Gasteiger partial charge in [-0.15, -0.1) is 0 Å². The maximum absolute atomic E-state index is 12.5. The topological polar surface area (TPSA) is 67.4 Å². The Labute approximate surface area is 168 Å². The van der Waals surface area contributed by atoms with E-state index in [1.54, 1.807) is 12.1 Å². The molecule has 142 valence electrons. The lowest BCUT2D eigenvalue weighted by Gasteiger charge is -2.19. The van der Waals surface area contributed by atoms with Crippen LogP contribution in [-0.4, -0.2) is 18.9 Å². The number of halogens is 1. The van der Waals surface area contributed by atoms with Crippen LogP contribution in [0.15, 0.2) is 78.9 Å². The van der Waals surface area contributed by atoms with Crippen LogP contribution in [0.5, 0.6) is 5.75 Å². The fourth-order valence-electron chi connectivity index (χ4n) is 2.78. The highest BCUT2D eigenvalue weighted by molar-refractivity contribution is 6.40. The van der Waals surface area contributed by atoms with Gasteiger partial charge in [-0.05, 0) is 29.3 Å². The number of rotatable bonds is 5. The molecule has 3 aromatic rings. The van der Waals surface area contributed by atoms with Crippen LogP contribution >= 0.6 is 11.6 Å². The molecule has 0 saturated carbocycles. The van der Waals surface area contributed by atoms with Crippen molar-refractivity contribution < 1.29 is 14.3 Å². The number of carbonyl (C=O) groups is 2. The van der Waals surface area contributed by atoms with Crippen molar-refractivity contribution in [2.45, 2.75) is 6.04 Å². The summed E-state index contributed by atoms with van der Waals surface area (Å²) in [5.41, 5.74) is 2.16. The summed E-state index contributed by atoms with van der Waals surface area (Å²) in [6.45, 7) is 0. The van der Waals surface area contributed by atoms with Crippen molar-refractivity contribution in [1.29, 1.82) is 0 Å². The second kappa shape index (κ2) is 9.06. The second-order valence-corrected chi connectivity index (χ2v) is 6.44. The van der Waals surface area contributed by atoms with Gasteiger partial charge < -0.3 is 15.4 Å². The molecule has 6 heteroatoms. The van der Waals surface area contributed by atoms with E-state index in [-0.39, 0.29) is 0 Å². The predicted molar refractivity (Wildman–Crippen MR) is 110 cm³/mol. The third kappa shape index (κ3) is 4.69. The van der Waals surface area contributed by atoms with Crippen LogP contribution in [0.3, 0.4) is 0 Å². The quantitative estimate of drug-likeness (QED) is 0.637. The molecule has 0 aromatic heterocycles. The number of amides is 2. The summed E-state index contributed by atoms with van der Waals surface area (Å²) in [7, 11) is 1.50. The fourth-order valence-corrected chi connectivity index (χ4v) is 3.04. The highest BCUT2D eigenvalue weighted by atomic mass is 35.5. The molecule has 0 aliphatic heterocycles. The Morgan fingerprint density at radius 2 is 1.43 bits per heavy atom. The Morgan fingerprint density at radius 3 is 1.93 bits per heavy atom. The van der Waals surface area contributed by atoms with E-state index in [1.807, 2.05) is 60.7 Å². The minimum Gasteiger partial charge on any atom is -0.495 e. The van der Waals surface area contributed by atoms with Gasteiger partial charge in [-0.25, -0.2) is 0 Å². The first-order chi connectivity index (χ1) is 13.6. The standard InChI is InChI=1S/C22H19ClN2O3/c1-28-19-13-12-17(14-18(19)23)24-21(26)22(27)25-20(15-8-4-2-5-9-15)16-10-6-3-7-11-16/h2-14,20H,1H3,(H,24,26)(H,25,27). The van der Waals surface area contributed by atoms with E-state index in [2.05, 4.69) is 10.6 Å². The number of methoxy groups -OCH3 is 1. The summed E-state index contributed by atoms with van der Waals surface area (Å²) < 4.78 is 5.08. The molecule has 0 unspecified atom stereocenters. The normalized spacial score (nSPS) is 10.4. The molecule has 0 aliphatic carbocycles. The largest absolute Gasteiger partial charge is 0.495 e. The number of nitrogens with one attached hydrogen (secondary N) is 2. The van der Waals surface area contributed by atoms with E-state index in [0.717, 1.165) is 11.1 Å². The van der Waals surface area contributed by atoms with Crippen molar-refractivity contribution in [3.8, 4) is 5.75 Å². The third-order valence-electron chi connectivity index (χ3n) is 4.16. The number of hydrogen-bond donors (Lipinski definition) is 2.